The molecule has 0 amide bonds. The van der Waals surface area contributed by atoms with Crippen LogP contribution in [0.3, 0.4) is 0 Å². The van der Waals surface area contributed by atoms with Gasteiger partial charge >= 0.3 is 0 Å². The van der Waals surface area contributed by atoms with Crippen molar-refractivity contribution in [2.75, 3.05) is 25.0 Å². The monoisotopic (exact) mass is 342 g/mol. The Hall–Kier alpha value is -2.18. The molecule has 1 aliphatic rings. The molecule has 2 aromatic rings. The molecule has 1 aliphatic heterocycles. The summed E-state index contributed by atoms with van der Waals surface area (Å²) in [5.74, 6) is 0.919. The maximum absolute atomic E-state index is 10.1. The summed E-state index contributed by atoms with van der Waals surface area (Å²) in [6, 6.07) is 8.05. The van der Waals surface area contributed by atoms with Crippen LogP contribution < -0.4 is 10.6 Å². The fourth-order valence-electron chi connectivity index (χ4n) is 3.27. The number of hydrogen-bond donors (Lipinski definition) is 4. The molecule has 0 spiro atoms. The van der Waals surface area contributed by atoms with E-state index in [0.717, 1.165) is 36.2 Å². The first-order chi connectivity index (χ1) is 12.2. The Morgan fingerprint density at radius 3 is 2.88 bits per heavy atom. The highest BCUT2D eigenvalue weighted by Crippen LogP contribution is 2.26. The molecular weight excluding hydrogens is 316 g/mol. The van der Waals surface area contributed by atoms with E-state index in [2.05, 4.69) is 26.7 Å². The first-order valence-corrected chi connectivity index (χ1v) is 8.98. The highest BCUT2D eigenvalue weighted by atomic mass is 16.3. The molecular formula is C19H26N4O2. The van der Waals surface area contributed by atoms with Gasteiger partial charge in [0.15, 0.2) is 0 Å². The number of phenols is 1. The van der Waals surface area contributed by atoms with Crippen LogP contribution in [0.4, 0.5) is 5.82 Å². The zero-order valence-electron chi connectivity index (χ0n) is 14.4. The fraction of sp³-hybridized carbons (Fsp3) is 0.474. The number of aliphatic hydroxyl groups is 1. The number of nitrogens with one attached hydrogen (secondary N) is 2. The van der Waals surface area contributed by atoms with Crippen LogP contribution in [0.2, 0.25) is 0 Å². The van der Waals surface area contributed by atoms with Crippen molar-refractivity contribution < 1.29 is 10.2 Å². The van der Waals surface area contributed by atoms with Crippen LogP contribution in [0, 0.1) is 0 Å². The molecule has 0 aliphatic carbocycles. The number of benzene rings is 1. The standard InChI is InChI=1S/C19H26N4O2/c24-8-7-21-19-12-18(22-13-23-19)15-9-14(10-17(25)11-15)4-5-16-3-1-2-6-20-16/h9-13,16,20,24-25H,1-8H2,(H,21,22,23). The molecule has 0 bridgehead atoms. The van der Waals surface area contributed by atoms with E-state index in [9.17, 15) is 5.11 Å². The van der Waals surface area contributed by atoms with Crippen molar-refractivity contribution in [2.45, 2.75) is 38.1 Å². The van der Waals surface area contributed by atoms with Crippen molar-refractivity contribution in [3.63, 3.8) is 0 Å². The van der Waals surface area contributed by atoms with E-state index in [4.69, 9.17) is 5.11 Å². The lowest BCUT2D eigenvalue weighted by atomic mass is 9.96. The Morgan fingerprint density at radius 2 is 2.08 bits per heavy atom. The number of piperidine rings is 1. The minimum atomic E-state index is 0.0464. The minimum Gasteiger partial charge on any atom is -0.508 e. The normalized spacial score (nSPS) is 17.4. The van der Waals surface area contributed by atoms with Gasteiger partial charge in [-0.3, -0.25) is 0 Å². The van der Waals surface area contributed by atoms with Gasteiger partial charge in [-0.25, -0.2) is 9.97 Å². The lowest BCUT2D eigenvalue weighted by molar-refractivity contribution is 0.311. The van der Waals surface area contributed by atoms with Crippen molar-refractivity contribution >= 4 is 5.82 Å². The Kier molecular flexibility index (Phi) is 6.19. The number of aromatic hydroxyl groups is 1. The second-order valence-corrected chi connectivity index (χ2v) is 6.51. The molecule has 3 rings (SSSR count). The van der Waals surface area contributed by atoms with Crippen molar-refractivity contribution in [3.05, 3.63) is 36.2 Å². The lowest BCUT2D eigenvalue weighted by Gasteiger charge is -2.23. The van der Waals surface area contributed by atoms with Crippen molar-refractivity contribution in [1.29, 1.82) is 0 Å². The Balaban J connectivity index is 1.72. The van der Waals surface area contributed by atoms with Crippen LogP contribution in [-0.4, -0.2) is 45.9 Å². The molecule has 6 nitrogen and oxygen atoms in total. The molecule has 1 aromatic heterocycles. The number of nitrogens with zero attached hydrogens (tertiary/aromatic N) is 2. The molecule has 25 heavy (non-hydrogen) atoms. The van der Waals surface area contributed by atoms with Crippen LogP contribution in [0.25, 0.3) is 11.3 Å². The number of hydrogen-bond acceptors (Lipinski definition) is 6. The highest BCUT2D eigenvalue weighted by Gasteiger charge is 2.13. The Labute approximate surface area is 148 Å². The highest BCUT2D eigenvalue weighted by molar-refractivity contribution is 5.64. The van der Waals surface area contributed by atoms with E-state index in [-0.39, 0.29) is 12.4 Å². The molecule has 1 aromatic carbocycles. The summed E-state index contributed by atoms with van der Waals surface area (Å²) in [7, 11) is 0. The molecule has 1 fully saturated rings. The van der Waals surface area contributed by atoms with E-state index >= 15 is 0 Å². The Morgan fingerprint density at radius 1 is 1.16 bits per heavy atom. The Bertz CT molecular complexity index is 687. The number of aryl methyl sites for hydroxylation is 1. The first kappa shape index (κ1) is 17.6. The third-order valence-electron chi connectivity index (χ3n) is 4.55. The van der Waals surface area contributed by atoms with Gasteiger partial charge in [-0.05, 0) is 56.0 Å². The van der Waals surface area contributed by atoms with E-state index < -0.39 is 0 Å². The average Bonchev–Trinajstić information content (AvgIpc) is 2.65. The maximum Gasteiger partial charge on any atom is 0.130 e. The average molecular weight is 342 g/mol. The van der Waals surface area contributed by atoms with Crippen LogP contribution in [0.1, 0.15) is 31.2 Å². The van der Waals surface area contributed by atoms with Gasteiger partial charge < -0.3 is 20.8 Å². The van der Waals surface area contributed by atoms with Crippen LogP contribution in [0.5, 0.6) is 5.75 Å². The molecule has 134 valence electrons. The summed E-state index contributed by atoms with van der Waals surface area (Å²) in [5.41, 5.74) is 2.75. The molecule has 0 radical (unpaired) electrons. The molecule has 4 N–H and O–H groups in total. The fourth-order valence-corrected chi connectivity index (χ4v) is 3.27. The summed E-state index contributed by atoms with van der Waals surface area (Å²) in [6.07, 6.45) is 7.30. The molecule has 1 unspecified atom stereocenters. The van der Waals surface area contributed by atoms with Gasteiger partial charge in [0, 0.05) is 24.2 Å². The quantitative estimate of drug-likeness (QED) is 0.617. The van der Waals surface area contributed by atoms with Crippen molar-refractivity contribution in [3.8, 4) is 17.0 Å². The van der Waals surface area contributed by atoms with Gasteiger partial charge in [-0.1, -0.05) is 6.42 Å². The zero-order valence-corrected chi connectivity index (χ0v) is 14.4. The van der Waals surface area contributed by atoms with E-state index in [0.29, 0.717) is 18.4 Å². The summed E-state index contributed by atoms with van der Waals surface area (Å²) in [5, 5.41) is 25.6. The number of rotatable bonds is 7. The molecule has 6 heteroatoms. The molecule has 1 saturated heterocycles. The number of phenolic OH excluding ortho intramolecular Hbond substituents is 1. The van der Waals surface area contributed by atoms with Gasteiger partial charge in [0.05, 0.1) is 12.3 Å². The summed E-state index contributed by atoms with van der Waals surface area (Å²) < 4.78 is 0. The number of anilines is 1. The number of aromatic nitrogens is 2. The topological polar surface area (TPSA) is 90.3 Å². The summed E-state index contributed by atoms with van der Waals surface area (Å²) >= 11 is 0. The SMILES string of the molecule is OCCNc1cc(-c2cc(O)cc(CCC3CCCCN3)c2)ncn1. The minimum absolute atomic E-state index is 0.0464. The number of aliphatic hydroxyl groups excluding tert-OH is 1. The smallest absolute Gasteiger partial charge is 0.130 e. The van der Waals surface area contributed by atoms with E-state index in [1.807, 2.05) is 12.1 Å². The van der Waals surface area contributed by atoms with E-state index in [1.54, 1.807) is 6.07 Å². The lowest BCUT2D eigenvalue weighted by Crippen LogP contribution is -2.34. The molecule has 2 heterocycles. The van der Waals surface area contributed by atoms with Gasteiger partial charge in [0.2, 0.25) is 0 Å². The predicted molar refractivity (Wildman–Crippen MR) is 98.7 cm³/mol. The van der Waals surface area contributed by atoms with Crippen molar-refractivity contribution in [1.82, 2.24) is 15.3 Å². The van der Waals surface area contributed by atoms with Gasteiger partial charge in [-0.15, -0.1) is 0 Å². The van der Waals surface area contributed by atoms with Crippen LogP contribution in [0.15, 0.2) is 30.6 Å². The zero-order chi connectivity index (χ0) is 17.5. The maximum atomic E-state index is 10.1. The molecule has 1 atom stereocenters. The first-order valence-electron chi connectivity index (χ1n) is 8.98. The largest absolute Gasteiger partial charge is 0.508 e. The molecule has 0 saturated carbocycles. The van der Waals surface area contributed by atoms with Gasteiger partial charge in [0.1, 0.15) is 17.9 Å². The third-order valence-corrected chi connectivity index (χ3v) is 4.55. The van der Waals surface area contributed by atoms with Gasteiger partial charge in [0.25, 0.3) is 0 Å². The van der Waals surface area contributed by atoms with Crippen LogP contribution in [-0.2, 0) is 6.42 Å². The summed E-state index contributed by atoms with van der Waals surface area (Å²) in [6.45, 7) is 1.60. The van der Waals surface area contributed by atoms with Crippen molar-refractivity contribution in [2.24, 2.45) is 0 Å². The summed E-state index contributed by atoms with van der Waals surface area (Å²) in [4.78, 5) is 8.45. The van der Waals surface area contributed by atoms with Gasteiger partial charge in [-0.2, -0.15) is 0 Å². The second kappa shape index (κ2) is 8.78. The third kappa shape index (κ3) is 5.14. The van der Waals surface area contributed by atoms with Crippen LogP contribution >= 0.6 is 0 Å². The predicted octanol–water partition coefficient (Wildman–Crippen LogP) is 2.33. The second-order valence-electron chi connectivity index (χ2n) is 6.51. The van der Waals surface area contributed by atoms with E-state index in [1.165, 1.54) is 25.6 Å².